The van der Waals surface area contributed by atoms with Gasteiger partial charge in [-0.3, -0.25) is 14.5 Å². The second-order valence-corrected chi connectivity index (χ2v) is 9.74. The molecule has 4 aromatic rings. The van der Waals surface area contributed by atoms with Crippen LogP contribution < -0.4 is 24.4 Å². The summed E-state index contributed by atoms with van der Waals surface area (Å²) in [6, 6.07) is 18.8. The van der Waals surface area contributed by atoms with E-state index in [1.54, 1.807) is 56.3 Å². The van der Waals surface area contributed by atoms with Crippen molar-refractivity contribution in [1.29, 1.82) is 0 Å². The van der Waals surface area contributed by atoms with E-state index in [9.17, 15) is 9.59 Å². The maximum Gasteiger partial charge on any atom is 0.249 e. The number of anilines is 1. The van der Waals surface area contributed by atoms with Gasteiger partial charge in [0.2, 0.25) is 11.8 Å². The molecule has 40 heavy (non-hydrogen) atoms. The van der Waals surface area contributed by atoms with Gasteiger partial charge in [-0.25, -0.2) is 4.68 Å². The fraction of sp³-hybridized carbons (Fsp3) is 0.333. The normalized spacial score (nSPS) is 14.1. The summed E-state index contributed by atoms with van der Waals surface area (Å²) in [7, 11) is 4.65. The van der Waals surface area contributed by atoms with Crippen molar-refractivity contribution in [2.75, 3.05) is 26.2 Å². The molecule has 1 heterocycles. The lowest BCUT2D eigenvalue weighted by atomic mass is 10.0. The van der Waals surface area contributed by atoms with E-state index >= 15 is 0 Å². The molecule has 0 bridgehead atoms. The van der Waals surface area contributed by atoms with Crippen molar-refractivity contribution in [3.05, 3.63) is 72.3 Å². The third-order valence-corrected chi connectivity index (χ3v) is 7.21. The van der Waals surface area contributed by atoms with Crippen LogP contribution in [0.3, 0.4) is 0 Å². The summed E-state index contributed by atoms with van der Waals surface area (Å²) < 4.78 is 18.0. The number of benzene rings is 3. The van der Waals surface area contributed by atoms with Crippen LogP contribution in [0.5, 0.6) is 17.2 Å². The van der Waals surface area contributed by atoms with Crippen molar-refractivity contribution < 1.29 is 23.8 Å². The third-order valence-electron chi connectivity index (χ3n) is 7.21. The van der Waals surface area contributed by atoms with Gasteiger partial charge in [0.05, 0.1) is 32.5 Å². The first-order valence-electron chi connectivity index (χ1n) is 13.3. The Kier molecular flexibility index (Phi) is 8.14. The van der Waals surface area contributed by atoms with Gasteiger partial charge in [0.25, 0.3) is 0 Å². The van der Waals surface area contributed by atoms with Crippen molar-refractivity contribution in [2.24, 2.45) is 0 Å². The molecule has 1 aliphatic carbocycles. The van der Waals surface area contributed by atoms with Crippen LogP contribution in [0.25, 0.3) is 11.0 Å². The molecule has 0 saturated heterocycles. The zero-order valence-electron chi connectivity index (χ0n) is 22.9. The van der Waals surface area contributed by atoms with Gasteiger partial charge >= 0.3 is 0 Å². The van der Waals surface area contributed by atoms with Gasteiger partial charge < -0.3 is 19.5 Å². The zero-order valence-corrected chi connectivity index (χ0v) is 22.9. The summed E-state index contributed by atoms with van der Waals surface area (Å²) in [5.41, 5.74) is 2.44. The molecule has 0 spiro atoms. The van der Waals surface area contributed by atoms with E-state index < -0.39 is 6.04 Å². The minimum absolute atomic E-state index is 0.0525. The second kappa shape index (κ2) is 12.1. The quantitative estimate of drug-likeness (QED) is 0.318. The van der Waals surface area contributed by atoms with E-state index in [2.05, 4.69) is 15.6 Å². The van der Waals surface area contributed by atoms with Gasteiger partial charge in [0.15, 0.2) is 0 Å². The Morgan fingerprint density at radius 1 is 0.925 bits per heavy atom. The first-order valence-corrected chi connectivity index (χ1v) is 13.3. The molecule has 1 aromatic heterocycles. The van der Waals surface area contributed by atoms with Crippen LogP contribution in [-0.2, 0) is 16.1 Å². The molecule has 10 heteroatoms. The number of nitrogens with one attached hydrogen (secondary N) is 1. The highest BCUT2D eigenvalue weighted by Gasteiger charge is 2.35. The van der Waals surface area contributed by atoms with Crippen LogP contribution in [0.15, 0.2) is 66.7 Å². The Bertz CT molecular complexity index is 1470. The number of amides is 2. The second-order valence-electron chi connectivity index (χ2n) is 9.74. The predicted octanol–water partition coefficient (Wildman–Crippen LogP) is 4.29. The summed E-state index contributed by atoms with van der Waals surface area (Å²) in [6.07, 6.45) is 3.93. The molecule has 0 radical (unpaired) electrons. The average molecular weight is 544 g/mol. The van der Waals surface area contributed by atoms with E-state index in [-0.39, 0.29) is 24.4 Å². The summed E-state index contributed by atoms with van der Waals surface area (Å²) >= 11 is 0. The Morgan fingerprint density at radius 2 is 1.62 bits per heavy atom. The van der Waals surface area contributed by atoms with Crippen LogP contribution >= 0.6 is 0 Å². The fourth-order valence-corrected chi connectivity index (χ4v) is 5.19. The Morgan fingerprint density at radius 3 is 2.33 bits per heavy atom. The highest BCUT2D eigenvalue weighted by atomic mass is 16.5. The lowest BCUT2D eigenvalue weighted by Gasteiger charge is -2.33. The van der Waals surface area contributed by atoms with Crippen LogP contribution in [0, 0.1) is 0 Å². The zero-order chi connectivity index (χ0) is 28.1. The van der Waals surface area contributed by atoms with Crippen molar-refractivity contribution in [3.8, 4) is 17.2 Å². The molecule has 3 aromatic carbocycles. The van der Waals surface area contributed by atoms with Gasteiger partial charge in [0.1, 0.15) is 35.4 Å². The van der Waals surface area contributed by atoms with Crippen LogP contribution in [-0.4, -0.2) is 54.2 Å². The smallest absolute Gasteiger partial charge is 0.249 e. The lowest BCUT2D eigenvalue weighted by Crippen LogP contribution is -2.47. The SMILES string of the molecule is COc1cccc([C@@H](C(=O)NC2CCCC2)N(C(=O)Cn2nnc3ccccc32)c2cc(OC)cc(OC)c2)c1. The number of nitrogens with zero attached hydrogens (tertiary/aromatic N) is 4. The number of para-hydroxylation sites is 1. The maximum absolute atomic E-state index is 14.3. The van der Waals surface area contributed by atoms with Crippen molar-refractivity contribution in [1.82, 2.24) is 20.3 Å². The summed E-state index contributed by atoms with van der Waals surface area (Å²) in [5, 5.41) is 11.6. The predicted molar refractivity (Wildman–Crippen MR) is 151 cm³/mol. The fourth-order valence-electron chi connectivity index (χ4n) is 5.19. The lowest BCUT2D eigenvalue weighted by molar-refractivity contribution is -0.127. The number of hydrogen-bond donors (Lipinski definition) is 1. The third kappa shape index (κ3) is 5.70. The number of fused-ring (bicyclic) bond motifs is 1. The Balaban J connectivity index is 1.63. The molecule has 10 nitrogen and oxygen atoms in total. The standard InChI is InChI=1S/C30H33N5O5/c1-38-23-12-8-9-20(15-23)29(30(37)31-21-10-4-5-11-21)35(22-16-24(39-2)18-25(17-22)40-3)28(36)19-34-27-14-7-6-13-26(27)32-33-34/h6-9,12-18,21,29H,4-5,10-11,19H2,1-3H3,(H,31,37)/t29-/m0/s1. The molecule has 1 saturated carbocycles. The molecule has 1 atom stereocenters. The molecule has 2 amide bonds. The van der Waals surface area contributed by atoms with Gasteiger partial charge in [-0.05, 0) is 42.7 Å². The van der Waals surface area contributed by atoms with E-state index in [4.69, 9.17) is 14.2 Å². The van der Waals surface area contributed by atoms with Gasteiger partial charge in [-0.15, -0.1) is 5.10 Å². The summed E-state index contributed by atoms with van der Waals surface area (Å²) in [5.74, 6) is 0.908. The van der Waals surface area contributed by atoms with Crippen LogP contribution in [0.1, 0.15) is 37.3 Å². The number of carbonyl (C=O) groups is 2. The monoisotopic (exact) mass is 543 g/mol. The number of hydrogen-bond acceptors (Lipinski definition) is 7. The minimum atomic E-state index is -1.00. The van der Waals surface area contributed by atoms with E-state index in [1.165, 1.54) is 4.90 Å². The molecule has 0 aliphatic heterocycles. The maximum atomic E-state index is 14.3. The summed E-state index contributed by atoms with van der Waals surface area (Å²) in [4.78, 5) is 29.9. The Labute approximate surface area is 232 Å². The molecule has 1 aliphatic rings. The average Bonchev–Trinajstić information content (AvgIpc) is 3.65. The molecule has 0 unspecified atom stereocenters. The highest BCUT2D eigenvalue weighted by Crippen LogP contribution is 2.35. The number of methoxy groups -OCH3 is 3. The van der Waals surface area contributed by atoms with Crippen molar-refractivity contribution >= 4 is 28.5 Å². The topological polar surface area (TPSA) is 108 Å². The van der Waals surface area contributed by atoms with E-state index in [0.29, 0.717) is 39.5 Å². The molecular weight excluding hydrogens is 510 g/mol. The van der Waals surface area contributed by atoms with Crippen LogP contribution in [0.4, 0.5) is 5.69 Å². The van der Waals surface area contributed by atoms with Crippen molar-refractivity contribution in [3.63, 3.8) is 0 Å². The number of ether oxygens (including phenoxy) is 3. The molecular formula is C30H33N5O5. The number of carbonyl (C=O) groups excluding carboxylic acids is 2. The first kappa shape index (κ1) is 27.0. The Hall–Kier alpha value is -4.60. The van der Waals surface area contributed by atoms with E-state index in [0.717, 1.165) is 25.7 Å². The number of aromatic nitrogens is 3. The van der Waals surface area contributed by atoms with Crippen molar-refractivity contribution in [2.45, 2.75) is 44.3 Å². The van der Waals surface area contributed by atoms with Crippen LogP contribution in [0.2, 0.25) is 0 Å². The largest absolute Gasteiger partial charge is 0.497 e. The van der Waals surface area contributed by atoms with E-state index in [1.807, 2.05) is 36.4 Å². The molecule has 5 rings (SSSR count). The van der Waals surface area contributed by atoms with Gasteiger partial charge in [-0.2, -0.15) is 0 Å². The molecule has 1 fully saturated rings. The molecule has 1 N–H and O–H groups in total. The van der Waals surface area contributed by atoms with Gasteiger partial charge in [-0.1, -0.05) is 42.3 Å². The molecule has 208 valence electrons. The number of rotatable bonds is 10. The highest BCUT2D eigenvalue weighted by molar-refractivity contribution is 6.02. The first-order chi connectivity index (χ1) is 19.5. The van der Waals surface area contributed by atoms with Gasteiger partial charge in [0, 0.05) is 24.2 Å². The minimum Gasteiger partial charge on any atom is -0.497 e. The summed E-state index contributed by atoms with van der Waals surface area (Å²) in [6.45, 7) is -0.142.